The zero-order valence-corrected chi connectivity index (χ0v) is 44.5. The molecule has 14 heteroatoms. The molecule has 3 aromatic heterocycles. The lowest BCUT2D eigenvalue weighted by molar-refractivity contribution is 0.590. The van der Waals surface area contributed by atoms with Gasteiger partial charge < -0.3 is 9.97 Å². The van der Waals surface area contributed by atoms with Crippen LogP contribution < -0.4 is 11.2 Å². The largest absolute Gasteiger partial charge is 0.352 e. The molecule has 378 valence electrons. The minimum atomic E-state index is -0.645. The van der Waals surface area contributed by atoms with Gasteiger partial charge in [-0.2, -0.15) is 4.98 Å². The minimum absolute atomic E-state index is 0.109. The third kappa shape index (κ3) is 8.01. The van der Waals surface area contributed by atoms with Gasteiger partial charge in [0.15, 0.2) is 34.8 Å². The first-order valence-electron chi connectivity index (χ1n) is 25.8. The summed E-state index contributed by atoms with van der Waals surface area (Å²) in [7, 11) is 1.41. The second-order valence-corrected chi connectivity index (χ2v) is 23.2. The van der Waals surface area contributed by atoms with Crippen LogP contribution in [0.1, 0.15) is 90.1 Å². The van der Waals surface area contributed by atoms with Crippen LogP contribution in [-0.4, -0.2) is 59.0 Å². The van der Waals surface area contributed by atoms with Gasteiger partial charge in [-0.15, -0.1) is 0 Å². The maximum atomic E-state index is 13.2. The predicted molar refractivity (Wildman–Crippen MR) is 308 cm³/mol. The van der Waals surface area contributed by atoms with Crippen LogP contribution in [0.5, 0.6) is 0 Å². The van der Waals surface area contributed by atoms with Gasteiger partial charge in [-0.3, -0.25) is 13.9 Å². The van der Waals surface area contributed by atoms with Crippen molar-refractivity contribution in [3.05, 3.63) is 170 Å². The van der Waals surface area contributed by atoms with Gasteiger partial charge in [0.2, 0.25) is 0 Å². The average molecular weight is 1010 g/mol. The van der Waals surface area contributed by atoms with Crippen molar-refractivity contribution < 1.29 is 0 Å². The van der Waals surface area contributed by atoms with E-state index < -0.39 is 11.2 Å². The van der Waals surface area contributed by atoms with Crippen molar-refractivity contribution in [3.63, 3.8) is 0 Å². The van der Waals surface area contributed by atoms with Crippen molar-refractivity contribution in [1.82, 2.24) is 59.0 Å². The summed E-state index contributed by atoms with van der Waals surface area (Å²) in [4.78, 5) is 74.1. The molecule has 0 unspecified atom stereocenters. The minimum Gasteiger partial charge on any atom is -0.324 e. The highest BCUT2D eigenvalue weighted by Gasteiger charge is 2.27. The fourth-order valence-electron chi connectivity index (χ4n) is 10.3. The van der Waals surface area contributed by atoms with E-state index in [-0.39, 0.29) is 27.8 Å². The normalized spacial score (nSPS) is 12.9. The van der Waals surface area contributed by atoms with Crippen LogP contribution in [0.2, 0.25) is 0 Å². The molecule has 9 aromatic rings. The summed E-state index contributed by atoms with van der Waals surface area (Å²) >= 11 is 0. The Morgan fingerprint density at radius 3 is 1.48 bits per heavy atom. The summed E-state index contributed by atoms with van der Waals surface area (Å²) in [5.74, 6) is 2.38. The number of nitrogens with one attached hydrogen (secondary N) is 2. The molecule has 4 aliphatic heterocycles. The smallest absolute Gasteiger partial charge is 0.324 e. The van der Waals surface area contributed by atoms with Gasteiger partial charge in [-0.05, 0) is 98.7 Å². The Hall–Kier alpha value is -9.30. The first kappa shape index (κ1) is 47.4. The number of hydrogen-bond acceptors (Lipinski definition) is 10. The first-order chi connectivity index (χ1) is 36.7. The van der Waals surface area contributed by atoms with E-state index in [9.17, 15) is 9.59 Å². The highest BCUT2D eigenvalue weighted by Crippen LogP contribution is 2.41. The van der Waals surface area contributed by atoms with E-state index in [0.29, 0.717) is 56.9 Å². The SMILES string of the molecule is Cn1c(=O)nc2n(-c3ccc(/C=C/c4ccc5c6nc7nc(nc8[nH]c(nc9nc(nc([nH]6)c5c4)-c4ccc(C(C)(C)C)cc4-9)c4ccc(C(C)(C)C)cc84)-c4ccc(C(C)(C)C)cc4-7)cc3)c3ccccc3nc-2c1=O. The zero-order chi connectivity index (χ0) is 53.4. The Bertz CT molecular complexity index is 4610. The lowest BCUT2D eigenvalue weighted by Gasteiger charge is -2.19. The maximum absolute atomic E-state index is 13.2. The van der Waals surface area contributed by atoms with Crippen LogP contribution >= 0.6 is 0 Å². The van der Waals surface area contributed by atoms with E-state index in [1.54, 1.807) is 0 Å². The van der Waals surface area contributed by atoms with Crippen LogP contribution in [0.15, 0.2) is 131 Å². The third-order valence-corrected chi connectivity index (χ3v) is 14.8. The number of rotatable bonds is 3. The second kappa shape index (κ2) is 16.9. The molecule has 0 amide bonds. The van der Waals surface area contributed by atoms with Crippen LogP contribution in [0, 0.1) is 0 Å². The summed E-state index contributed by atoms with van der Waals surface area (Å²) < 4.78 is 2.79. The van der Waals surface area contributed by atoms with Crippen molar-refractivity contribution in [3.8, 4) is 62.8 Å². The van der Waals surface area contributed by atoms with Crippen LogP contribution in [-0.2, 0) is 23.3 Å². The standard InChI is InChI=1S/C63H54N12O2/c1-61(2,3)35-20-26-40-44(30-35)56-68-51(40)66-54-43-29-34(16-15-33-17-23-38(24-18-33)75-48-14-12-11-13-47(48)64-49-58(75)73-60(77)74(10)59(49)76)19-25-39(43)50(65-54)67-55-45-31-36(62(4,5)6)21-27-41(45)52(69-55)71-57-46-32-37(63(7,8)9)22-28-42(46)53(70-56)72-57/h11-32H,1-10H3,(H2,65,66,67,68,69,70,71,72)/b16-15+. The highest BCUT2D eigenvalue weighted by atomic mass is 16.2. The molecule has 0 radical (unpaired) electrons. The Morgan fingerprint density at radius 2 is 0.909 bits per heavy atom. The molecule has 0 saturated carbocycles. The molecule has 14 nitrogen and oxygen atoms in total. The summed E-state index contributed by atoms with van der Waals surface area (Å²) in [6.45, 7) is 19.9. The van der Waals surface area contributed by atoms with Gasteiger partial charge in [-0.1, -0.05) is 141 Å². The maximum Gasteiger partial charge on any atom is 0.352 e. The zero-order valence-electron chi connectivity index (χ0n) is 44.5. The third-order valence-electron chi connectivity index (χ3n) is 14.8. The van der Waals surface area contributed by atoms with E-state index in [2.05, 4.69) is 161 Å². The van der Waals surface area contributed by atoms with Crippen molar-refractivity contribution in [2.24, 2.45) is 7.05 Å². The molecule has 0 saturated heterocycles. The fourth-order valence-corrected chi connectivity index (χ4v) is 10.3. The molecule has 6 aromatic carbocycles. The molecule has 4 aliphatic rings. The van der Waals surface area contributed by atoms with E-state index in [0.717, 1.165) is 76.3 Å². The Labute approximate surface area is 442 Å². The fraction of sp³-hybridized carbons (Fsp3) is 0.206. The molecule has 0 atom stereocenters. The van der Waals surface area contributed by atoms with Crippen LogP contribution in [0.4, 0.5) is 0 Å². The van der Waals surface area contributed by atoms with Crippen LogP contribution in [0.3, 0.4) is 0 Å². The number of aromatic amines is 2. The van der Waals surface area contributed by atoms with Gasteiger partial charge in [0, 0.05) is 56.5 Å². The molecular weight excluding hydrogens is 957 g/mol. The Balaban J connectivity index is 1.01. The predicted octanol–water partition coefficient (Wildman–Crippen LogP) is 12.8. The molecule has 0 aliphatic carbocycles. The van der Waals surface area contributed by atoms with E-state index in [4.69, 9.17) is 29.9 Å². The molecule has 7 heterocycles. The highest BCUT2D eigenvalue weighted by molar-refractivity contribution is 6.07. The summed E-state index contributed by atoms with van der Waals surface area (Å²) in [5, 5.41) is 3.58. The number of aromatic nitrogens is 12. The van der Waals surface area contributed by atoms with Crippen LogP contribution in [0.25, 0.3) is 130 Å². The number of para-hydroxylation sites is 2. The van der Waals surface area contributed by atoms with Crippen molar-refractivity contribution in [2.75, 3.05) is 0 Å². The summed E-state index contributed by atoms with van der Waals surface area (Å²) in [6.07, 6.45) is 4.11. The number of nitrogens with zero attached hydrogens (tertiary/aromatic N) is 10. The van der Waals surface area contributed by atoms with Gasteiger partial charge in [-0.25, -0.2) is 39.7 Å². The van der Waals surface area contributed by atoms with Gasteiger partial charge >= 0.3 is 5.69 Å². The lowest BCUT2D eigenvalue weighted by Crippen LogP contribution is -2.36. The number of benzene rings is 6. The number of fused-ring (bicyclic) bond motifs is 22. The Kier molecular flexibility index (Phi) is 10.4. The first-order valence-corrected chi connectivity index (χ1v) is 25.8. The van der Waals surface area contributed by atoms with Crippen molar-refractivity contribution in [2.45, 2.75) is 78.6 Å². The molecule has 8 bridgehead atoms. The number of H-pyrrole nitrogens is 2. The lowest BCUT2D eigenvalue weighted by atomic mass is 9.85. The van der Waals surface area contributed by atoms with E-state index in [1.807, 2.05) is 59.2 Å². The van der Waals surface area contributed by atoms with Gasteiger partial charge in [0.1, 0.15) is 22.6 Å². The molecular formula is C63H54N12O2. The molecule has 77 heavy (non-hydrogen) atoms. The monoisotopic (exact) mass is 1010 g/mol. The van der Waals surface area contributed by atoms with E-state index in [1.165, 1.54) is 12.6 Å². The topological polar surface area (TPSA) is 179 Å². The summed E-state index contributed by atoms with van der Waals surface area (Å²) in [5.41, 5.74) is 12.1. The Morgan fingerprint density at radius 1 is 0.442 bits per heavy atom. The van der Waals surface area contributed by atoms with Gasteiger partial charge in [0.05, 0.1) is 11.0 Å². The van der Waals surface area contributed by atoms with Gasteiger partial charge in [0.25, 0.3) is 5.56 Å². The van der Waals surface area contributed by atoms with Crippen molar-refractivity contribution in [1.29, 1.82) is 0 Å². The van der Waals surface area contributed by atoms with Crippen molar-refractivity contribution >= 4 is 67.3 Å². The number of hydrogen-bond donors (Lipinski definition) is 2. The average Bonchev–Trinajstić information content (AvgIpc) is 4.29. The second-order valence-electron chi connectivity index (χ2n) is 23.2. The quantitative estimate of drug-likeness (QED) is 0.128. The summed E-state index contributed by atoms with van der Waals surface area (Å²) in [6, 6.07) is 41.1. The molecule has 13 rings (SSSR count). The van der Waals surface area contributed by atoms with E-state index >= 15 is 0 Å². The molecule has 0 fully saturated rings. The molecule has 2 N–H and O–H groups in total. The molecule has 0 spiro atoms.